The molecule has 0 atom stereocenters. The molecular formula is C15H23N2+2. The predicted octanol–water partition coefficient (Wildman–Crippen LogP) is 1.66. The molecule has 0 aromatic heterocycles. The standard InChI is InChI=1S/C15H23N2/c1-14-3-5-15(6-4-14)13-17-10-7-16(2,8-11-17)9-12-17/h3-6H,1,7-13H2,2H3/q+2. The molecule has 3 aliphatic rings. The van der Waals surface area contributed by atoms with Crippen molar-refractivity contribution in [3.63, 3.8) is 0 Å². The molecule has 3 heterocycles. The molecule has 1 aromatic rings. The third kappa shape index (κ3) is 2.12. The molecule has 2 heteroatoms. The third-order valence-electron chi connectivity index (χ3n) is 4.88. The van der Waals surface area contributed by atoms with E-state index in [1.54, 1.807) is 0 Å². The molecule has 91 valence electrons. The quantitative estimate of drug-likeness (QED) is 0.679. The van der Waals surface area contributed by atoms with Crippen LogP contribution in [0.1, 0.15) is 11.1 Å². The maximum absolute atomic E-state index is 3.96. The average molecular weight is 231 g/mol. The predicted molar refractivity (Wildman–Crippen MR) is 70.3 cm³/mol. The first-order valence-corrected chi connectivity index (χ1v) is 6.69. The summed E-state index contributed by atoms with van der Waals surface area (Å²) in [5.74, 6) is 0. The maximum Gasteiger partial charge on any atom is 0.129 e. The number of benzene rings is 1. The molecule has 0 aliphatic carbocycles. The van der Waals surface area contributed by atoms with Crippen molar-refractivity contribution < 1.29 is 8.97 Å². The van der Waals surface area contributed by atoms with Crippen LogP contribution < -0.4 is 0 Å². The first-order valence-electron chi connectivity index (χ1n) is 6.69. The molecule has 0 amide bonds. The van der Waals surface area contributed by atoms with Gasteiger partial charge in [-0.15, -0.1) is 0 Å². The van der Waals surface area contributed by atoms with Crippen LogP contribution in [-0.2, 0) is 6.54 Å². The lowest BCUT2D eigenvalue weighted by Gasteiger charge is -2.54. The van der Waals surface area contributed by atoms with E-state index < -0.39 is 0 Å². The maximum atomic E-state index is 3.96. The van der Waals surface area contributed by atoms with Gasteiger partial charge in [-0.25, -0.2) is 0 Å². The summed E-state index contributed by atoms with van der Waals surface area (Å²) in [4.78, 5) is 0. The van der Waals surface area contributed by atoms with Crippen LogP contribution in [0.5, 0.6) is 0 Å². The fraction of sp³-hybridized carbons (Fsp3) is 0.533. The van der Waals surface area contributed by atoms with E-state index in [-0.39, 0.29) is 0 Å². The minimum Gasteiger partial charge on any atom is -0.312 e. The van der Waals surface area contributed by atoms with Crippen LogP contribution in [0.2, 0.25) is 0 Å². The Morgan fingerprint density at radius 1 is 0.941 bits per heavy atom. The van der Waals surface area contributed by atoms with Crippen molar-refractivity contribution in [2.45, 2.75) is 6.54 Å². The van der Waals surface area contributed by atoms with Crippen LogP contribution in [0.3, 0.4) is 0 Å². The van der Waals surface area contributed by atoms with E-state index in [0.29, 0.717) is 0 Å². The molecule has 4 rings (SSSR count). The number of quaternary nitrogens is 2. The molecule has 3 saturated heterocycles. The summed E-state index contributed by atoms with van der Waals surface area (Å²) in [6, 6.07) is 8.79. The number of likely N-dealkylation sites (N-methyl/N-ethyl adjacent to an activating group) is 1. The van der Waals surface area contributed by atoms with E-state index in [0.717, 1.165) is 5.56 Å². The van der Waals surface area contributed by atoms with Gasteiger partial charge in [-0.3, -0.25) is 0 Å². The zero-order valence-corrected chi connectivity index (χ0v) is 10.9. The Labute approximate surface area is 105 Å². The van der Waals surface area contributed by atoms with Gasteiger partial charge in [0.2, 0.25) is 0 Å². The number of hydrogen-bond acceptors (Lipinski definition) is 0. The molecule has 3 fully saturated rings. The van der Waals surface area contributed by atoms with Gasteiger partial charge in [0.05, 0.1) is 7.05 Å². The zero-order chi connectivity index (χ0) is 11.9. The van der Waals surface area contributed by atoms with Crippen molar-refractivity contribution in [3.05, 3.63) is 42.3 Å². The van der Waals surface area contributed by atoms with Crippen LogP contribution >= 0.6 is 0 Å². The minimum atomic E-state index is 1.12. The fourth-order valence-electron chi connectivity index (χ4n) is 3.30. The normalized spacial score (nSPS) is 36.1. The lowest BCUT2D eigenvalue weighted by molar-refractivity contribution is -1.08. The molecule has 1 aromatic carbocycles. The fourth-order valence-corrected chi connectivity index (χ4v) is 3.30. The molecule has 2 nitrogen and oxygen atoms in total. The smallest absolute Gasteiger partial charge is 0.129 e. The van der Waals surface area contributed by atoms with Gasteiger partial charge >= 0.3 is 0 Å². The van der Waals surface area contributed by atoms with Gasteiger partial charge < -0.3 is 8.97 Å². The van der Waals surface area contributed by atoms with E-state index in [2.05, 4.69) is 38.2 Å². The Bertz CT molecular complexity index is 383. The van der Waals surface area contributed by atoms with E-state index >= 15 is 0 Å². The minimum absolute atomic E-state index is 1.12. The number of fused-ring (bicyclic) bond motifs is 3. The Balaban J connectivity index is 1.75. The molecule has 2 bridgehead atoms. The summed E-state index contributed by atoms with van der Waals surface area (Å²) in [6.45, 7) is 13.4. The lowest BCUT2D eigenvalue weighted by Crippen LogP contribution is -2.73. The van der Waals surface area contributed by atoms with Crippen molar-refractivity contribution in [3.8, 4) is 0 Å². The highest BCUT2D eigenvalue weighted by Crippen LogP contribution is 2.27. The SMILES string of the molecule is [CH2]c1ccc(C[N+]23CC[N+](C)(CC2)CC3)cc1. The van der Waals surface area contributed by atoms with Gasteiger partial charge in [-0.2, -0.15) is 0 Å². The molecule has 1 radical (unpaired) electrons. The van der Waals surface area contributed by atoms with Crippen LogP contribution in [0.25, 0.3) is 0 Å². The number of piperazine rings is 3. The summed E-state index contributed by atoms with van der Waals surface area (Å²) in [6.07, 6.45) is 0. The molecule has 0 unspecified atom stereocenters. The summed E-state index contributed by atoms with van der Waals surface area (Å²) in [5, 5.41) is 0. The zero-order valence-electron chi connectivity index (χ0n) is 10.9. The summed E-state index contributed by atoms with van der Waals surface area (Å²) in [5.41, 5.74) is 2.60. The topological polar surface area (TPSA) is 0 Å². The van der Waals surface area contributed by atoms with Crippen molar-refractivity contribution in [2.75, 3.05) is 46.3 Å². The Kier molecular flexibility index (Phi) is 2.53. The van der Waals surface area contributed by atoms with E-state index in [9.17, 15) is 0 Å². The van der Waals surface area contributed by atoms with Gasteiger partial charge in [0.15, 0.2) is 0 Å². The molecule has 0 N–H and O–H groups in total. The first-order chi connectivity index (χ1) is 8.09. The van der Waals surface area contributed by atoms with Crippen molar-refractivity contribution >= 4 is 0 Å². The third-order valence-corrected chi connectivity index (χ3v) is 4.88. The summed E-state index contributed by atoms with van der Waals surface area (Å²) < 4.78 is 2.64. The molecule has 17 heavy (non-hydrogen) atoms. The molecular weight excluding hydrogens is 208 g/mol. The second-order valence-corrected chi connectivity index (χ2v) is 6.28. The van der Waals surface area contributed by atoms with E-state index in [1.165, 1.54) is 60.3 Å². The van der Waals surface area contributed by atoms with Crippen LogP contribution in [0.15, 0.2) is 24.3 Å². The molecule has 0 spiro atoms. The van der Waals surface area contributed by atoms with Gasteiger partial charge in [0, 0.05) is 5.56 Å². The van der Waals surface area contributed by atoms with Crippen molar-refractivity contribution in [1.29, 1.82) is 0 Å². The second-order valence-electron chi connectivity index (χ2n) is 6.28. The van der Waals surface area contributed by atoms with Gasteiger partial charge in [-0.05, 0) is 12.5 Å². The number of rotatable bonds is 2. The highest BCUT2D eigenvalue weighted by molar-refractivity contribution is 5.23. The monoisotopic (exact) mass is 231 g/mol. The Hall–Kier alpha value is -0.860. The van der Waals surface area contributed by atoms with Crippen LogP contribution in [-0.4, -0.2) is 55.3 Å². The van der Waals surface area contributed by atoms with Crippen LogP contribution in [0.4, 0.5) is 0 Å². The van der Waals surface area contributed by atoms with Crippen LogP contribution in [0, 0.1) is 6.92 Å². The largest absolute Gasteiger partial charge is 0.312 e. The van der Waals surface area contributed by atoms with E-state index in [4.69, 9.17) is 0 Å². The summed E-state index contributed by atoms with van der Waals surface area (Å²) >= 11 is 0. The Morgan fingerprint density at radius 3 is 2.00 bits per heavy atom. The highest BCUT2D eigenvalue weighted by Gasteiger charge is 2.46. The van der Waals surface area contributed by atoms with E-state index in [1.807, 2.05) is 0 Å². The first kappa shape index (κ1) is 11.2. The number of hydrogen-bond donors (Lipinski definition) is 0. The van der Waals surface area contributed by atoms with Gasteiger partial charge in [0.25, 0.3) is 0 Å². The lowest BCUT2D eigenvalue weighted by atomic mass is 10.1. The average Bonchev–Trinajstić information content (AvgIpc) is 2.35. The van der Waals surface area contributed by atoms with Gasteiger partial charge in [-0.1, -0.05) is 24.3 Å². The molecule has 3 aliphatic heterocycles. The molecule has 0 saturated carbocycles. The second kappa shape index (κ2) is 3.82. The highest BCUT2D eigenvalue weighted by atomic mass is 15.5. The van der Waals surface area contributed by atoms with Crippen molar-refractivity contribution in [1.82, 2.24) is 0 Å². The Morgan fingerprint density at radius 2 is 1.47 bits per heavy atom. The van der Waals surface area contributed by atoms with Gasteiger partial charge in [0.1, 0.15) is 45.8 Å². The number of nitrogens with zero attached hydrogens (tertiary/aromatic N) is 2. The summed E-state index contributed by atoms with van der Waals surface area (Å²) in [7, 11) is 2.42. The van der Waals surface area contributed by atoms with Crippen molar-refractivity contribution in [2.24, 2.45) is 0 Å².